The molecule has 3 rings (SSSR count). The second-order valence-electron chi connectivity index (χ2n) is 5.76. The second kappa shape index (κ2) is 9.96. The van der Waals surface area contributed by atoms with E-state index in [1.807, 2.05) is 18.3 Å². The van der Waals surface area contributed by atoms with Gasteiger partial charge in [-0.25, -0.2) is 4.98 Å². The first-order valence-corrected chi connectivity index (χ1v) is 9.22. The molecule has 0 spiro atoms. The Hall–Kier alpha value is -1.35. The van der Waals surface area contributed by atoms with Crippen molar-refractivity contribution in [2.45, 2.75) is 32.3 Å². The quantitative estimate of drug-likeness (QED) is 0.386. The number of ether oxygens (including phenoxy) is 1. The highest BCUT2D eigenvalue weighted by molar-refractivity contribution is 14.0. The first-order valence-electron chi connectivity index (χ1n) is 8.41. The molecule has 1 aromatic carbocycles. The smallest absolute Gasteiger partial charge is 0.191 e. The Labute approximate surface area is 170 Å². The molecule has 1 aliphatic rings. The molecule has 0 saturated heterocycles. The molecule has 1 unspecified atom stereocenters. The Bertz CT molecular complexity index is 679. The van der Waals surface area contributed by atoms with E-state index < -0.39 is 0 Å². The molecule has 1 atom stereocenters. The SMILES string of the molecule is CCc1cnc(CCNC(=NC)NCC2Cc3ccccc3O2)s1.I. The van der Waals surface area contributed by atoms with Gasteiger partial charge in [0.05, 0.1) is 11.6 Å². The van der Waals surface area contributed by atoms with Gasteiger partial charge in [0.1, 0.15) is 11.9 Å². The van der Waals surface area contributed by atoms with E-state index in [2.05, 4.69) is 39.7 Å². The van der Waals surface area contributed by atoms with E-state index in [0.29, 0.717) is 0 Å². The average Bonchev–Trinajstić information content (AvgIpc) is 3.23. The molecule has 0 aliphatic carbocycles. The summed E-state index contributed by atoms with van der Waals surface area (Å²) in [6.07, 6.45) is 5.04. The maximum absolute atomic E-state index is 5.94. The molecule has 25 heavy (non-hydrogen) atoms. The Morgan fingerprint density at radius 2 is 2.20 bits per heavy atom. The van der Waals surface area contributed by atoms with Gasteiger partial charge in [-0.15, -0.1) is 35.3 Å². The molecule has 1 aliphatic heterocycles. The average molecular weight is 472 g/mol. The summed E-state index contributed by atoms with van der Waals surface area (Å²) in [5, 5.41) is 7.86. The third-order valence-corrected chi connectivity index (χ3v) is 5.22. The molecule has 0 fully saturated rings. The number of nitrogens with zero attached hydrogens (tertiary/aromatic N) is 2. The minimum atomic E-state index is 0. The lowest BCUT2D eigenvalue weighted by Gasteiger charge is -2.15. The Balaban J connectivity index is 0.00000225. The van der Waals surface area contributed by atoms with Crippen LogP contribution < -0.4 is 15.4 Å². The number of para-hydroxylation sites is 1. The number of benzene rings is 1. The first-order chi connectivity index (χ1) is 11.8. The molecule has 7 heteroatoms. The van der Waals surface area contributed by atoms with E-state index in [4.69, 9.17) is 4.74 Å². The second-order valence-corrected chi connectivity index (χ2v) is 6.96. The maximum Gasteiger partial charge on any atom is 0.191 e. The number of aliphatic imine (C=N–C) groups is 1. The number of fused-ring (bicyclic) bond motifs is 1. The number of guanidine groups is 1. The molecule has 2 heterocycles. The van der Waals surface area contributed by atoms with Crippen LogP contribution in [0.4, 0.5) is 0 Å². The molecule has 0 amide bonds. The van der Waals surface area contributed by atoms with Crippen molar-refractivity contribution in [3.8, 4) is 5.75 Å². The zero-order valence-corrected chi connectivity index (χ0v) is 17.8. The fourth-order valence-electron chi connectivity index (χ4n) is 2.71. The Morgan fingerprint density at radius 3 is 2.92 bits per heavy atom. The maximum atomic E-state index is 5.94. The van der Waals surface area contributed by atoms with Crippen molar-refractivity contribution in [2.24, 2.45) is 4.99 Å². The molecule has 0 radical (unpaired) electrons. The topological polar surface area (TPSA) is 58.5 Å². The zero-order valence-electron chi connectivity index (χ0n) is 14.6. The molecule has 2 aromatic rings. The van der Waals surface area contributed by atoms with Crippen LogP contribution in [0.1, 0.15) is 22.4 Å². The zero-order chi connectivity index (χ0) is 16.8. The standard InChI is InChI=1S/C18H24N4OS.HI/c1-3-15-12-21-17(24-15)8-9-20-18(19-2)22-11-14-10-13-6-4-5-7-16(13)23-14;/h4-7,12,14H,3,8-11H2,1-2H3,(H2,19,20,22);1H. The molecule has 5 nitrogen and oxygen atoms in total. The van der Waals surface area contributed by atoms with Crippen molar-refractivity contribution >= 4 is 41.3 Å². The molecular formula is C18H25IN4OS. The predicted octanol–water partition coefficient (Wildman–Crippen LogP) is 3.03. The highest BCUT2D eigenvalue weighted by Gasteiger charge is 2.22. The number of aryl methyl sites for hydroxylation is 1. The number of thiazole rings is 1. The number of hydrogen-bond acceptors (Lipinski definition) is 4. The highest BCUT2D eigenvalue weighted by atomic mass is 127. The van der Waals surface area contributed by atoms with Crippen LogP contribution in [-0.4, -0.2) is 37.2 Å². The van der Waals surface area contributed by atoms with Gasteiger partial charge in [-0.05, 0) is 18.1 Å². The third kappa shape index (κ3) is 5.57. The van der Waals surface area contributed by atoms with Crippen molar-refractivity contribution < 1.29 is 4.74 Å². The minimum absolute atomic E-state index is 0. The normalized spacial score (nSPS) is 15.9. The van der Waals surface area contributed by atoms with Crippen molar-refractivity contribution in [2.75, 3.05) is 20.1 Å². The van der Waals surface area contributed by atoms with Crippen LogP contribution >= 0.6 is 35.3 Å². The van der Waals surface area contributed by atoms with Crippen LogP contribution in [0.5, 0.6) is 5.75 Å². The molecule has 136 valence electrons. The predicted molar refractivity (Wildman–Crippen MR) is 115 cm³/mol. The largest absolute Gasteiger partial charge is 0.488 e. The fraction of sp³-hybridized carbons (Fsp3) is 0.444. The van der Waals surface area contributed by atoms with Crippen LogP contribution in [0.25, 0.3) is 0 Å². The lowest BCUT2D eigenvalue weighted by atomic mass is 10.1. The lowest BCUT2D eigenvalue weighted by molar-refractivity contribution is 0.235. The highest BCUT2D eigenvalue weighted by Crippen LogP contribution is 2.27. The lowest BCUT2D eigenvalue weighted by Crippen LogP contribution is -2.42. The molecule has 1 aromatic heterocycles. The monoisotopic (exact) mass is 472 g/mol. The van der Waals surface area contributed by atoms with Crippen molar-refractivity contribution in [1.82, 2.24) is 15.6 Å². The number of aromatic nitrogens is 1. The van der Waals surface area contributed by atoms with Gasteiger partial charge in [0.15, 0.2) is 5.96 Å². The van der Waals surface area contributed by atoms with Gasteiger partial charge >= 0.3 is 0 Å². The minimum Gasteiger partial charge on any atom is -0.488 e. The summed E-state index contributed by atoms with van der Waals surface area (Å²) in [5.41, 5.74) is 1.28. The van der Waals surface area contributed by atoms with Crippen molar-refractivity contribution in [3.05, 3.63) is 45.9 Å². The van der Waals surface area contributed by atoms with E-state index in [-0.39, 0.29) is 30.1 Å². The van der Waals surface area contributed by atoms with Crippen molar-refractivity contribution in [3.63, 3.8) is 0 Å². The summed E-state index contributed by atoms with van der Waals surface area (Å²) >= 11 is 1.79. The Morgan fingerprint density at radius 1 is 1.36 bits per heavy atom. The number of rotatable bonds is 6. The van der Waals surface area contributed by atoms with Gasteiger partial charge < -0.3 is 15.4 Å². The molecular weight excluding hydrogens is 447 g/mol. The summed E-state index contributed by atoms with van der Waals surface area (Å²) in [7, 11) is 1.79. The number of nitrogens with one attached hydrogen (secondary N) is 2. The van der Waals surface area contributed by atoms with Crippen LogP contribution in [0, 0.1) is 0 Å². The van der Waals surface area contributed by atoms with Gasteiger partial charge in [0.2, 0.25) is 0 Å². The molecule has 2 N–H and O–H groups in total. The number of halogens is 1. The van der Waals surface area contributed by atoms with Gasteiger partial charge in [0, 0.05) is 37.5 Å². The molecule has 0 saturated carbocycles. The van der Waals surface area contributed by atoms with Gasteiger partial charge in [-0.3, -0.25) is 4.99 Å². The van der Waals surface area contributed by atoms with E-state index in [1.54, 1.807) is 18.4 Å². The van der Waals surface area contributed by atoms with E-state index in [1.165, 1.54) is 15.4 Å². The fourth-order valence-corrected chi connectivity index (χ4v) is 3.58. The summed E-state index contributed by atoms with van der Waals surface area (Å²) in [4.78, 5) is 10.1. The van der Waals surface area contributed by atoms with Crippen LogP contribution in [-0.2, 0) is 19.3 Å². The third-order valence-electron chi connectivity index (χ3n) is 4.02. The van der Waals surface area contributed by atoms with Gasteiger partial charge in [0.25, 0.3) is 0 Å². The van der Waals surface area contributed by atoms with E-state index >= 15 is 0 Å². The van der Waals surface area contributed by atoms with Crippen molar-refractivity contribution in [1.29, 1.82) is 0 Å². The van der Waals surface area contributed by atoms with E-state index in [0.717, 1.165) is 44.1 Å². The summed E-state index contributed by atoms with van der Waals surface area (Å²) in [5.74, 6) is 1.81. The van der Waals surface area contributed by atoms with E-state index in [9.17, 15) is 0 Å². The van der Waals surface area contributed by atoms with Gasteiger partial charge in [-0.1, -0.05) is 25.1 Å². The molecule has 0 bridgehead atoms. The van der Waals surface area contributed by atoms with Gasteiger partial charge in [-0.2, -0.15) is 0 Å². The number of hydrogen-bond donors (Lipinski definition) is 2. The summed E-state index contributed by atoms with van der Waals surface area (Å²) in [6.45, 7) is 3.72. The summed E-state index contributed by atoms with van der Waals surface area (Å²) in [6, 6.07) is 8.22. The summed E-state index contributed by atoms with van der Waals surface area (Å²) < 4.78 is 5.94. The van der Waals surface area contributed by atoms with Crippen LogP contribution in [0.2, 0.25) is 0 Å². The Kier molecular flexibility index (Phi) is 7.95. The van der Waals surface area contributed by atoms with Crippen LogP contribution in [0.15, 0.2) is 35.5 Å². The van der Waals surface area contributed by atoms with Crippen LogP contribution in [0.3, 0.4) is 0 Å². The first kappa shape index (κ1) is 20.0.